The highest BCUT2D eigenvalue weighted by molar-refractivity contribution is 5.96. The van der Waals surface area contributed by atoms with Crippen LogP contribution < -0.4 is 5.32 Å². The van der Waals surface area contributed by atoms with Gasteiger partial charge in [0, 0.05) is 37.7 Å². The average Bonchev–Trinajstić information content (AvgIpc) is 3.34. The highest BCUT2D eigenvalue weighted by Crippen LogP contribution is 2.65. The molecule has 380 valence electrons. The minimum atomic E-state index is -2.51. The number of rotatable bonds is 12. The largest absolute Gasteiger partial charge is 0.456 e. The Balaban J connectivity index is 1.30. The van der Waals surface area contributed by atoms with Crippen LogP contribution in [0.3, 0.4) is 0 Å². The highest BCUT2D eigenvalue weighted by Gasteiger charge is 2.79. The molecule has 19 heteroatoms. The van der Waals surface area contributed by atoms with Gasteiger partial charge in [-0.3, -0.25) is 19.2 Å². The Kier molecular flexibility index (Phi) is 14.2. The molecule has 8 rings (SSSR count). The van der Waals surface area contributed by atoms with Crippen LogP contribution in [0.5, 0.6) is 0 Å². The van der Waals surface area contributed by atoms with Crippen molar-refractivity contribution in [3.05, 3.63) is 119 Å². The molecular formula is C52H59NO18. The van der Waals surface area contributed by atoms with E-state index in [1.54, 1.807) is 78.9 Å². The second kappa shape index (κ2) is 19.6. The van der Waals surface area contributed by atoms with E-state index in [0.29, 0.717) is 5.56 Å². The molecule has 5 aliphatic rings. The number of nitrogens with one attached hydrogen (secondary N) is 1. The number of aliphatic hydroxyl groups excluding tert-OH is 4. The molecule has 19 nitrogen and oxygen atoms in total. The molecule has 0 unspecified atom stereocenters. The highest BCUT2D eigenvalue weighted by atomic mass is 16.7. The summed E-state index contributed by atoms with van der Waals surface area (Å²) >= 11 is 0. The fourth-order valence-corrected chi connectivity index (χ4v) is 11.4. The molecule has 0 aromatic heterocycles. The van der Waals surface area contributed by atoms with E-state index >= 15 is 4.79 Å². The number of fused-ring (bicyclic) bond motifs is 5. The van der Waals surface area contributed by atoms with Crippen molar-refractivity contribution in [1.82, 2.24) is 5.32 Å². The summed E-state index contributed by atoms with van der Waals surface area (Å²) in [6, 6.07) is 22.6. The number of carbonyl (C=O) groups is 6. The first-order chi connectivity index (χ1) is 33.6. The van der Waals surface area contributed by atoms with Gasteiger partial charge in [-0.05, 0) is 54.8 Å². The zero-order valence-corrected chi connectivity index (χ0v) is 40.0. The van der Waals surface area contributed by atoms with Crippen molar-refractivity contribution in [2.75, 3.05) is 13.2 Å². The van der Waals surface area contributed by atoms with Crippen LogP contribution in [0.4, 0.5) is 0 Å². The summed E-state index contributed by atoms with van der Waals surface area (Å²) in [7, 11) is 0. The lowest BCUT2D eigenvalue weighted by molar-refractivity contribution is -0.366. The fourth-order valence-electron chi connectivity index (χ4n) is 11.4. The van der Waals surface area contributed by atoms with E-state index in [-0.39, 0.29) is 28.7 Å². The molecule has 71 heavy (non-hydrogen) atoms. The summed E-state index contributed by atoms with van der Waals surface area (Å²) in [6.45, 7) is 7.24. The number of benzene rings is 3. The molecule has 0 spiro atoms. The van der Waals surface area contributed by atoms with E-state index in [1.807, 2.05) is 0 Å². The summed E-state index contributed by atoms with van der Waals surface area (Å²) < 4.78 is 43.1. The van der Waals surface area contributed by atoms with Gasteiger partial charge in [-0.25, -0.2) is 9.59 Å². The Morgan fingerprint density at radius 3 is 1.97 bits per heavy atom. The zero-order chi connectivity index (χ0) is 51.4. The van der Waals surface area contributed by atoms with Gasteiger partial charge in [0.1, 0.15) is 42.2 Å². The lowest BCUT2D eigenvalue weighted by Crippen LogP contribution is -2.82. The van der Waals surface area contributed by atoms with Crippen molar-refractivity contribution < 1.29 is 87.5 Å². The van der Waals surface area contributed by atoms with Crippen molar-refractivity contribution in [1.29, 1.82) is 0 Å². The molecule has 2 saturated carbocycles. The Morgan fingerprint density at radius 1 is 0.789 bits per heavy atom. The van der Waals surface area contributed by atoms with E-state index in [1.165, 1.54) is 39.8 Å². The van der Waals surface area contributed by atoms with Gasteiger partial charge in [-0.2, -0.15) is 0 Å². The normalized spacial score (nSPS) is 34.8. The smallest absolute Gasteiger partial charge is 0.338 e. The van der Waals surface area contributed by atoms with Crippen LogP contribution in [0, 0.1) is 16.7 Å². The number of aliphatic hydroxyl groups is 5. The van der Waals surface area contributed by atoms with Gasteiger partial charge in [0.05, 0.1) is 42.3 Å². The second-order valence-electron chi connectivity index (χ2n) is 19.7. The molecule has 1 amide bonds. The molecule has 15 atom stereocenters. The topological polar surface area (TPSA) is 280 Å². The van der Waals surface area contributed by atoms with Crippen LogP contribution in [0.2, 0.25) is 0 Å². The summed E-state index contributed by atoms with van der Waals surface area (Å²) in [5.41, 5.74) is -7.76. The predicted molar refractivity (Wildman–Crippen MR) is 244 cm³/mol. The van der Waals surface area contributed by atoms with Crippen LogP contribution in [0.25, 0.3) is 0 Å². The molecule has 2 bridgehead atoms. The van der Waals surface area contributed by atoms with Crippen molar-refractivity contribution >= 4 is 35.6 Å². The van der Waals surface area contributed by atoms with Crippen LogP contribution in [-0.2, 0) is 52.3 Å². The number of Topliss-reactive ketones (excluding diaryl/α,β-unsaturated/α-hetero) is 1. The molecule has 2 saturated heterocycles. The molecule has 6 N–H and O–H groups in total. The summed E-state index contributed by atoms with van der Waals surface area (Å²) in [4.78, 5) is 85.6. The van der Waals surface area contributed by atoms with Gasteiger partial charge in [0.2, 0.25) is 0 Å². The van der Waals surface area contributed by atoms with Gasteiger partial charge in [-0.1, -0.05) is 80.6 Å². The first kappa shape index (κ1) is 51.5. The molecule has 3 aromatic carbocycles. The van der Waals surface area contributed by atoms with E-state index in [9.17, 15) is 49.5 Å². The minimum Gasteiger partial charge on any atom is -0.456 e. The molecule has 2 aliphatic heterocycles. The number of esters is 4. The number of ether oxygens (including phenoxy) is 7. The standard InChI is InChI=1S/C52H59NO18/c1-26-33(68-47(63)39(58)37(29-16-10-7-11-17-29)53-45(61)30-18-12-8-13-19-30)23-52(64)44(70-46(62)31-20-14-9-15-21-31)42-50(6,43(60)41(67-27(2)54)36(26)49(52,4)5)34(22-35-51(42,25-66-35)71-28(3)55)69-48-40(59)38(57)32(56)24-65-48/h7-21,32-35,37-42,44,48,56-59,64H,22-25H2,1-6H3,(H,53,61)/t32-,33+,34+,35-,37-,38+,39+,40-,41-,42+,44+,48+,50-,51+,52-/m1/s1. The maximum Gasteiger partial charge on any atom is 0.338 e. The predicted octanol–water partition coefficient (Wildman–Crippen LogP) is 2.20. The molecule has 0 radical (unpaired) electrons. The van der Waals surface area contributed by atoms with Gasteiger partial charge >= 0.3 is 23.9 Å². The first-order valence-electron chi connectivity index (χ1n) is 23.4. The van der Waals surface area contributed by atoms with Gasteiger partial charge in [0.25, 0.3) is 5.91 Å². The molecule has 3 aliphatic carbocycles. The van der Waals surface area contributed by atoms with E-state index in [2.05, 4.69) is 5.32 Å². The average molecular weight is 986 g/mol. The van der Waals surface area contributed by atoms with E-state index < -0.39 is 150 Å². The molecule has 2 heterocycles. The fraction of sp³-hybridized carbons (Fsp3) is 0.500. The van der Waals surface area contributed by atoms with E-state index in [0.717, 1.165) is 13.8 Å². The third kappa shape index (κ3) is 8.96. The van der Waals surface area contributed by atoms with Gasteiger partial charge in [0.15, 0.2) is 29.9 Å². The van der Waals surface area contributed by atoms with Crippen molar-refractivity contribution in [3.63, 3.8) is 0 Å². The number of amides is 1. The SMILES string of the molecule is CC(=O)O[C@H]1C(=O)[C@]2(C)[C@@H](O[C@@H]3OC[C@@H](O)[C@H](O)[C@H]3O)C[C@H]3OC[C@@]3(OC(C)=O)[C@H]2[C@H](OC(=O)c2ccccc2)[C@]2(O)C[C@H](OC(=O)[C@@H](O)[C@H](NC(=O)c3ccccc3)c3ccccc3)C(C)=C1C2(C)C. The number of ketones is 1. The Bertz CT molecular complexity index is 2560. The van der Waals surface area contributed by atoms with Crippen molar-refractivity contribution in [3.8, 4) is 0 Å². The molecule has 4 fully saturated rings. The van der Waals surface area contributed by atoms with Crippen LogP contribution >= 0.6 is 0 Å². The van der Waals surface area contributed by atoms with Crippen molar-refractivity contribution in [2.24, 2.45) is 16.7 Å². The summed E-state index contributed by atoms with van der Waals surface area (Å²) in [6.07, 6.45) is -17.9. The number of hydrogen-bond acceptors (Lipinski definition) is 18. The van der Waals surface area contributed by atoms with Crippen molar-refractivity contribution in [2.45, 2.75) is 133 Å². The lowest BCUT2D eigenvalue weighted by atomic mass is 9.44. The molecule has 3 aromatic rings. The number of carbonyl (C=O) groups excluding carboxylic acids is 6. The van der Waals surface area contributed by atoms with Gasteiger partial charge < -0.3 is 64.0 Å². The van der Waals surface area contributed by atoms with E-state index in [4.69, 9.17) is 33.2 Å². The molecular weight excluding hydrogens is 927 g/mol. The van der Waals surface area contributed by atoms with Crippen LogP contribution in [0.1, 0.15) is 86.7 Å². The minimum absolute atomic E-state index is 0.0120. The maximum absolute atomic E-state index is 16.2. The Morgan fingerprint density at radius 2 is 1.39 bits per heavy atom. The third-order valence-electron chi connectivity index (χ3n) is 15.2. The zero-order valence-electron chi connectivity index (χ0n) is 40.0. The summed E-state index contributed by atoms with van der Waals surface area (Å²) in [5, 5.41) is 60.8. The second-order valence-corrected chi connectivity index (χ2v) is 19.7. The Labute approximate surface area is 409 Å². The number of hydrogen-bond donors (Lipinski definition) is 6. The quantitative estimate of drug-likeness (QED) is 0.0862. The Hall–Kier alpha value is -5.90. The maximum atomic E-state index is 16.2. The first-order valence-corrected chi connectivity index (χ1v) is 23.4. The van der Waals surface area contributed by atoms with Gasteiger partial charge in [-0.15, -0.1) is 0 Å². The van der Waals surface area contributed by atoms with Crippen LogP contribution in [-0.4, -0.2) is 147 Å². The lowest BCUT2D eigenvalue weighted by Gasteiger charge is -2.68. The monoisotopic (exact) mass is 985 g/mol. The summed E-state index contributed by atoms with van der Waals surface area (Å²) in [5.74, 6) is -7.31. The van der Waals surface area contributed by atoms with Crippen LogP contribution in [0.15, 0.2) is 102 Å². The third-order valence-corrected chi connectivity index (χ3v) is 15.2.